The lowest BCUT2D eigenvalue weighted by Gasteiger charge is -2.12. The smallest absolute Gasteiger partial charge is 0.278 e. The molecule has 1 unspecified atom stereocenters. The minimum atomic E-state index is -3.72. The van der Waals surface area contributed by atoms with E-state index in [0.717, 1.165) is 0 Å². The fourth-order valence-corrected chi connectivity index (χ4v) is 2.22. The van der Waals surface area contributed by atoms with Crippen LogP contribution in [0.5, 0.6) is 0 Å². The Morgan fingerprint density at radius 1 is 1.39 bits per heavy atom. The minimum Gasteiger partial charge on any atom is -0.383 e. The lowest BCUT2D eigenvalue weighted by molar-refractivity contribution is 0.204. The van der Waals surface area contributed by atoms with Gasteiger partial charge in [-0.15, -0.1) is 0 Å². The maximum Gasteiger partial charge on any atom is 0.278 e. The molecule has 6 nitrogen and oxygen atoms in total. The maximum absolute atomic E-state index is 11.6. The zero-order valence-corrected chi connectivity index (χ0v) is 10.8. The van der Waals surface area contributed by atoms with Crippen LogP contribution < -0.4 is 9.44 Å². The molecule has 1 atom stereocenters. The normalized spacial score (nSPS) is 12.9. The van der Waals surface area contributed by atoms with E-state index >= 15 is 0 Å². The van der Waals surface area contributed by atoms with Crippen molar-refractivity contribution in [2.24, 2.45) is 0 Å². The number of hydrogen-bond acceptors (Lipinski definition) is 4. The van der Waals surface area contributed by atoms with Crippen LogP contribution in [-0.2, 0) is 14.9 Å². The monoisotopic (exact) mass is 269 g/mol. The minimum absolute atomic E-state index is 0.152. The van der Waals surface area contributed by atoms with Gasteiger partial charge in [0, 0.05) is 13.7 Å². The predicted molar refractivity (Wildman–Crippen MR) is 66.7 cm³/mol. The van der Waals surface area contributed by atoms with Gasteiger partial charge in [0.15, 0.2) is 0 Å². The van der Waals surface area contributed by atoms with Gasteiger partial charge in [0.25, 0.3) is 10.2 Å². The predicted octanol–water partition coefficient (Wildman–Crippen LogP) is 0.322. The molecule has 0 aromatic heterocycles. The van der Waals surface area contributed by atoms with Crippen molar-refractivity contribution in [3.63, 3.8) is 0 Å². The van der Waals surface area contributed by atoms with Crippen molar-refractivity contribution in [1.82, 2.24) is 9.44 Å². The number of nitrogens with zero attached hydrogens (tertiary/aromatic N) is 1. The standard InChI is InChI=1S/C11H15N3O3S/c1-17-8-7-13-18(15,16)14-11(9-12)10-5-3-2-4-6-10/h2-6,11,13-14H,7-8H2,1H3. The van der Waals surface area contributed by atoms with Crippen molar-refractivity contribution in [3.05, 3.63) is 35.9 Å². The van der Waals surface area contributed by atoms with Gasteiger partial charge in [0.2, 0.25) is 0 Å². The van der Waals surface area contributed by atoms with Crippen molar-refractivity contribution in [2.75, 3.05) is 20.3 Å². The lowest BCUT2D eigenvalue weighted by atomic mass is 10.1. The summed E-state index contributed by atoms with van der Waals surface area (Å²) in [5.74, 6) is 0. The third-order valence-electron chi connectivity index (χ3n) is 2.13. The van der Waals surface area contributed by atoms with Crippen LogP contribution in [0, 0.1) is 11.3 Å². The van der Waals surface area contributed by atoms with Crippen LogP contribution >= 0.6 is 0 Å². The molecule has 98 valence electrons. The van der Waals surface area contributed by atoms with Crippen LogP contribution in [0.25, 0.3) is 0 Å². The third kappa shape index (κ3) is 4.81. The topological polar surface area (TPSA) is 91.2 Å². The molecule has 1 aromatic carbocycles. The second kappa shape index (κ2) is 7.08. The van der Waals surface area contributed by atoms with Crippen molar-refractivity contribution >= 4 is 10.2 Å². The van der Waals surface area contributed by atoms with E-state index in [1.807, 2.05) is 6.07 Å². The average molecular weight is 269 g/mol. The summed E-state index contributed by atoms with van der Waals surface area (Å²) in [5.41, 5.74) is 0.595. The molecular formula is C11H15N3O3S. The summed E-state index contributed by atoms with van der Waals surface area (Å²) in [5, 5.41) is 8.98. The van der Waals surface area contributed by atoms with Crippen LogP contribution in [0.1, 0.15) is 11.6 Å². The molecule has 0 saturated heterocycles. The summed E-state index contributed by atoms with van der Waals surface area (Å²) >= 11 is 0. The second-order valence-electron chi connectivity index (χ2n) is 3.48. The number of ether oxygens (including phenoxy) is 1. The maximum atomic E-state index is 11.6. The first-order valence-electron chi connectivity index (χ1n) is 5.29. The lowest BCUT2D eigenvalue weighted by Crippen LogP contribution is -2.39. The first-order chi connectivity index (χ1) is 8.59. The van der Waals surface area contributed by atoms with E-state index in [-0.39, 0.29) is 13.2 Å². The van der Waals surface area contributed by atoms with Crippen LogP contribution in [0.4, 0.5) is 0 Å². The summed E-state index contributed by atoms with van der Waals surface area (Å²) in [6.07, 6.45) is 0. The Labute approximate surface area is 107 Å². The molecule has 1 rings (SSSR count). The molecule has 7 heteroatoms. The van der Waals surface area contributed by atoms with Crippen LogP contribution in [-0.4, -0.2) is 28.7 Å². The highest BCUT2D eigenvalue weighted by Gasteiger charge is 2.18. The fourth-order valence-electron chi connectivity index (χ4n) is 1.29. The Kier molecular flexibility index (Phi) is 5.74. The molecule has 18 heavy (non-hydrogen) atoms. The summed E-state index contributed by atoms with van der Waals surface area (Å²) in [7, 11) is -2.24. The first-order valence-corrected chi connectivity index (χ1v) is 6.78. The highest BCUT2D eigenvalue weighted by molar-refractivity contribution is 7.87. The molecule has 0 bridgehead atoms. The van der Waals surface area contributed by atoms with Gasteiger partial charge in [-0.2, -0.15) is 23.1 Å². The Hall–Kier alpha value is -1.46. The van der Waals surface area contributed by atoms with Gasteiger partial charge < -0.3 is 4.74 Å². The number of rotatable bonds is 7. The molecule has 0 heterocycles. The molecule has 1 aromatic rings. The Morgan fingerprint density at radius 2 is 2.06 bits per heavy atom. The fraction of sp³-hybridized carbons (Fsp3) is 0.364. The molecular weight excluding hydrogens is 254 g/mol. The summed E-state index contributed by atoms with van der Waals surface area (Å²) in [6.45, 7) is 0.419. The van der Waals surface area contributed by atoms with Gasteiger partial charge >= 0.3 is 0 Å². The van der Waals surface area contributed by atoms with Crippen LogP contribution in [0.3, 0.4) is 0 Å². The Morgan fingerprint density at radius 3 is 2.61 bits per heavy atom. The van der Waals surface area contributed by atoms with Crippen LogP contribution in [0.15, 0.2) is 30.3 Å². The molecule has 2 N–H and O–H groups in total. The molecule has 0 aliphatic carbocycles. The molecule has 0 saturated carbocycles. The van der Waals surface area contributed by atoms with Crippen molar-refractivity contribution < 1.29 is 13.2 Å². The van der Waals surface area contributed by atoms with Gasteiger partial charge in [-0.1, -0.05) is 30.3 Å². The Balaban J connectivity index is 2.67. The SMILES string of the molecule is COCCNS(=O)(=O)NC(C#N)c1ccccc1. The summed E-state index contributed by atoms with van der Waals surface area (Å²) in [6, 6.07) is 9.64. The number of nitrogens with one attached hydrogen (secondary N) is 2. The number of benzene rings is 1. The van der Waals surface area contributed by atoms with E-state index in [1.54, 1.807) is 30.3 Å². The van der Waals surface area contributed by atoms with E-state index in [4.69, 9.17) is 10.00 Å². The van der Waals surface area contributed by atoms with Crippen molar-refractivity contribution in [3.8, 4) is 6.07 Å². The van der Waals surface area contributed by atoms with E-state index in [0.29, 0.717) is 5.56 Å². The van der Waals surface area contributed by atoms with Crippen LogP contribution in [0.2, 0.25) is 0 Å². The van der Waals surface area contributed by atoms with Gasteiger partial charge in [-0.05, 0) is 5.56 Å². The average Bonchev–Trinajstić information content (AvgIpc) is 2.37. The molecule has 0 amide bonds. The number of nitriles is 1. The highest BCUT2D eigenvalue weighted by atomic mass is 32.2. The van der Waals surface area contributed by atoms with Crippen molar-refractivity contribution in [2.45, 2.75) is 6.04 Å². The molecule has 0 aliphatic rings. The Bertz CT molecular complexity index is 496. The van der Waals surface area contributed by atoms with E-state index in [9.17, 15) is 8.42 Å². The molecule has 0 spiro atoms. The third-order valence-corrected chi connectivity index (χ3v) is 3.26. The second-order valence-corrected chi connectivity index (χ2v) is 5.01. The first kappa shape index (κ1) is 14.6. The van der Waals surface area contributed by atoms with Crippen molar-refractivity contribution in [1.29, 1.82) is 5.26 Å². The highest BCUT2D eigenvalue weighted by Crippen LogP contribution is 2.11. The van der Waals surface area contributed by atoms with Gasteiger partial charge in [0.1, 0.15) is 6.04 Å². The number of methoxy groups -OCH3 is 1. The van der Waals surface area contributed by atoms with E-state index in [1.165, 1.54) is 7.11 Å². The quantitative estimate of drug-likeness (QED) is 0.697. The van der Waals surface area contributed by atoms with E-state index in [2.05, 4.69) is 9.44 Å². The zero-order valence-electron chi connectivity index (χ0n) is 9.96. The molecule has 0 radical (unpaired) electrons. The van der Waals surface area contributed by atoms with Gasteiger partial charge in [0.05, 0.1) is 12.7 Å². The zero-order chi connectivity index (χ0) is 13.4. The molecule has 0 aliphatic heterocycles. The number of hydrogen-bond donors (Lipinski definition) is 2. The molecule has 0 fully saturated rings. The van der Waals surface area contributed by atoms with E-state index < -0.39 is 16.3 Å². The van der Waals surface area contributed by atoms with Gasteiger partial charge in [-0.3, -0.25) is 0 Å². The summed E-state index contributed by atoms with van der Waals surface area (Å²) < 4.78 is 32.5. The van der Waals surface area contributed by atoms with Gasteiger partial charge in [-0.25, -0.2) is 0 Å². The largest absolute Gasteiger partial charge is 0.383 e. The summed E-state index contributed by atoms with van der Waals surface area (Å²) in [4.78, 5) is 0.